The number of rotatable bonds is 1. The Morgan fingerprint density at radius 3 is 2.36 bits per heavy atom. The molecule has 7 atom stereocenters. The van der Waals surface area contributed by atoms with E-state index >= 15 is 0 Å². The fourth-order valence-corrected chi connectivity index (χ4v) is 10.0. The average molecular weight is 299 g/mol. The highest BCUT2D eigenvalue weighted by Crippen LogP contribution is 2.93. The molecule has 0 aliphatic heterocycles. The van der Waals surface area contributed by atoms with E-state index in [1.165, 1.54) is 12.3 Å². The SMILES string of the molecule is CCC1CCC2C1(C)CCC1C34CCC5(CC5)CC3CCC214. The van der Waals surface area contributed by atoms with E-state index in [0.717, 1.165) is 39.4 Å². The van der Waals surface area contributed by atoms with Crippen molar-refractivity contribution in [3.63, 3.8) is 0 Å². The molecule has 22 heavy (non-hydrogen) atoms. The zero-order valence-electron chi connectivity index (χ0n) is 14.8. The topological polar surface area (TPSA) is 0 Å². The molecule has 3 spiro atoms. The molecule has 6 saturated carbocycles. The lowest BCUT2D eigenvalue weighted by molar-refractivity contribution is 0.0316. The van der Waals surface area contributed by atoms with Gasteiger partial charge in [0.15, 0.2) is 0 Å². The van der Waals surface area contributed by atoms with Gasteiger partial charge in [-0.1, -0.05) is 20.3 Å². The van der Waals surface area contributed by atoms with Crippen molar-refractivity contribution in [3.05, 3.63) is 0 Å². The highest BCUT2D eigenvalue weighted by Gasteiger charge is 2.86. The fourth-order valence-electron chi connectivity index (χ4n) is 10.0. The Hall–Kier alpha value is 0. The lowest BCUT2D eigenvalue weighted by Crippen LogP contribution is -2.38. The molecule has 0 aromatic heterocycles. The van der Waals surface area contributed by atoms with Gasteiger partial charge in [0, 0.05) is 0 Å². The first-order valence-electron chi connectivity index (χ1n) is 10.6. The van der Waals surface area contributed by atoms with Gasteiger partial charge >= 0.3 is 0 Å². The van der Waals surface area contributed by atoms with E-state index in [1.807, 2.05) is 0 Å². The lowest BCUT2D eigenvalue weighted by Gasteiger charge is -2.45. The molecule has 0 heteroatoms. The summed E-state index contributed by atoms with van der Waals surface area (Å²) in [6.07, 6.45) is 19.2. The average Bonchev–Trinajstić information content (AvgIpc) is 3.29. The summed E-state index contributed by atoms with van der Waals surface area (Å²) in [6, 6.07) is 0. The van der Waals surface area contributed by atoms with Crippen LogP contribution in [0.5, 0.6) is 0 Å². The molecule has 122 valence electrons. The maximum absolute atomic E-state index is 2.73. The zero-order valence-corrected chi connectivity index (χ0v) is 14.8. The van der Waals surface area contributed by atoms with Gasteiger partial charge in [-0.3, -0.25) is 0 Å². The van der Waals surface area contributed by atoms with E-state index in [1.54, 1.807) is 70.6 Å². The van der Waals surface area contributed by atoms with Gasteiger partial charge in [0.2, 0.25) is 0 Å². The summed E-state index contributed by atoms with van der Waals surface area (Å²) >= 11 is 0. The molecule has 6 aliphatic rings. The minimum absolute atomic E-state index is 0.734. The molecule has 0 heterocycles. The molecular weight excluding hydrogens is 264 g/mol. The molecule has 6 aliphatic carbocycles. The number of hydrogen-bond donors (Lipinski definition) is 0. The highest BCUT2D eigenvalue weighted by molar-refractivity contribution is 5.34. The maximum Gasteiger partial charge on any atom is -0.0168 e. The lowest BCUT2D eigenvalue weighted by atomic mass is 9.59. The van der Waals surface area contributed by atoms with Crippen LogP contribution in [-0.2, 0) is 0 Å². The second-order valence-electron chi connectivity index (χ2n) is 10.9. The summed E-state index contributed by atoms with van der Waals surface area (Å²) in [5, 5.41) is 0. The molecule has 0 N–H and O–H groups in total. The maximum atomic E-state index is 2.73. The van der Waals surface area contributed by atoms with Gasteiger partial charge in [-0.2, -0.15) is 0 Å². The van der Waals surface area contributed by atoms with Crippen LogP contribution in [0.2, 0.25) is 0 Å². The first-order valence-corrected chi connectivity index (χ1v) is 10.6. The molecule has 0 aromatic carbocycles. The predicted octanol–water partition coefficient (Wildman–Crippen LogP) is 6.20. The van der Waals surface area contributed by atoms with Gasteiger partial charge in [0.25, 0.3) is 0 Å². The van der Waals surface area contributed by atoms with Crippen molar-refractivity contribution < 1.29 is 0 Å². The Morgan fingerprint density at radius 1 is 0.773 bits per heavy atom. The van der Waals surface area contributed by atoms with Crippen LogP contribution in [0, 0.1) is 45.3 Å². The Labute approximate surface area is 136 Å². The van der Waals surface area contributed by atoms with Crippen LogP contribution in [0.1, 0.15) is 90.9 Å². The predicted molar refractivity (Wildman–Crippen MR) is 90.4 cm³/mol. The molecular formula is C22H34. The van der Waals surface area contributed by atoms with Crippen LogP contribution in [0.3, 0.4) is 0 Å². The Kier molecular flexibility index (Phi) is 2.21. The zero-order chi connectivity index (χ0) is 14.8. The summed E-state index contributed by atoms with van der Waals surface area (Å²) in [5.74, 6) is 4.53. The molecule has 0 nitrogen and oxygen atoms in total. The van der Waals surface area contributed by atoms with Crippen molar-refractivity contribution in [2.45, 2.75) is 90.9 Å². The summed E-state index contributed by atoms with van der Waals surface area (Å²) in [5.41, 5.74) is 3.37. The smallest absolute Gasteiger partial charge is 0.0168 e. The second kappa shape index (κ2) is 3.65. The van der Waals surface area contributed by atoms with Crippen molar-refractivity contribution in [1.29, 1.82) is 0 Å². The van der Waals surface area contributed by atoms with Crippen LogP contribution in [0.25, 0.3) is 0 Å². The van der Waals surface area contributed by atoms with Crippen LogP contribution >= 0.6 is 0 Å². The normalized spacial score (nSPS) is 63.0. The third kappa shape index (κ3) is 1.16. The van der Waals surface area contributed by atoms with E-state index in [4.69, 9.17) is 0 Å². The van der Waals surface area contributed by atoms with Crippen LogP contribution < -0.4 is 0 Å². The summed E-state index contributed by atoms with van der Waals surface area (Å²) < 4.78 is 0. The largest absolute Gasteiger partial charge is 0.0651 e. The summed E-state index contributed by atoms with van der Waals surface area (Å²) in [6.45, 7) is 5.20. The molecule has 6 fully saturated rings. The van der Waals surface area contributed by atoms with Gasteiger partial charge in [-0.05, 0) is 116 Å². The van der Waals surface area contributed by atoms with E-state index in [2.05, 4.69) is 13.8 Å². The van der Waals surface area contributed by atoms with Gasteiger partial charge in [0.1, 0.15) is 0 Å². The van der Waals surface area contributed by atoms with Crippen molar-refractivity contribution in [3.8, 4) is 0 Å². The Morgan fingerprint density at radius 2 is 1.59 bits per heavy atom. The van der Waals surface area contributed by atoms with Crippen molar-refractivity contribution in [1.82, 2.24) is 0 Å². The van der Waals surface area contributed by atoms with Crippen molar-refractivity contribution in [2.24, 2.45) is 45.3 Å². The van der Waals surface area contributed by atoms with Gasteiger partial charge < -0.3 is 0 Å². The number of fused-ring (bicyclic) bond motifs is 1. The monoisotopic (exact) mass is 298 g/mol. The molecule has 0 amide bonds. The summed E-state index contributed by atoms with van der Waals surface area (Å²) in [7, 11) is 0. The van der Waals surface area contributed by atoms with Crippen LogP contribution in [0.4, 0.5) is 0 Å². The molecule has 0 aromatic rings. The van der Waals surface area contributed by atoms with Gasteiger partial charge in [-0.25, -0.2) is 0 Å². The van der Waals surface area contributed by atoms with Gasteiger partial charge in [-0.15, -0.1) is 0 Å². The molecule has 7 unspecified atom stereocenters. The standard InChI is InChI=1S/C22H34/c1-3-15-4-5-17-19(15,2)8-7-18-21-13-12-20(10-11-20)14-16(21)6-9-22(17,18)21/h15-18H,3-14H2,1-2H3. The Bertz CT molecular complexity index is 530. The van der Waals surface area contributed by atoms with E-state index in [-0.39, 0.29) is 0 Å². The van der Waals surface area contributed by atoms with Crippen molar-refractivity contribution >= 4 is 0 Å². The third-order valence-corrected chi connectivity index (χ3v) is 11.0. The highest BCUT2D eigenvalue weighted by atomic mass is 14.9. The molecule has 0 saturated heterocycles. The van der Waals surface area contributed by atoms with E-state index in [0.29, 0.717) is 0 Å². The quantitative estimate of drug-likeness (QED) is 0.540. The minimum Gasteiger partial charge on any atom is -0.0651 e. The Balaban J connectivity index is 1.40. The summed E-state index contributed by atoms with van der Waals surface area (Å²) in [4.78, 5) is 0. The van der Waals surface area contributed by atoms with Crippen molar-refractivity contribution in [2.75, 3.05) is 0 Å². The first-order chi connectivity index (χ1) is 10.6. The number of hydrogen-bond acceptors (Lipinski definition) is 0. The van der Waals surface area contributed by atoms with E-state index < -0.39 is 0 Å². The third-order valence-electron chi connectivity index (χ3n) is 11.0. The fraction of sp³-hybridized carbons (Fsp3) is 1.00. The van der Waals surface area contributed by atoms with E-state index in [9.17, 15) is 0 Å². The second-order valence-corrected chi connectivity index (χ2v) is 10.9. The first kappa shape index (κ1) is 13.3. The van der Waals surface area contributed by atoms with Crippen LogP contribution in [0.15, 0.2) is 0 Å². The molecule has 0 bridgehead atoms. The molecule has 0 radical (unpaired) electrons. The van der Waals surface area contributed by atoms with Gasteiger partial charge in [0.05, 0.1) is 0 Å². The van der Waals surface area contributed by atoms with Crippen LogP contribution in [-0.4, -0.2) is 0 Å². The minimum atomic E-state index is 0.734. The molecule has 6 rings (SSSR count).